The fourth-order valence-electron chi connectivity index (χ4n) is 2.36. The number of carbonyl (C=O) groups is 2. The van der Waals surface area contributed by atoms with Gasteiger partial charge in [-0.3, -0.25) is 0 Å². The van der Waals surface area contributed by atoms with E-state index >= 15 is 0 Å². The standard InChI is InChI=1S/C22H27NO4.CH4/c1-15-6-10-18(11-7-15)19-12-8-17(9-13-19)14-26-20(24)16(2)23-21(25)27-22(3,4)5;/h6-13,16H,14H2,1-5H3,(H,23,25);1H4. The quantitative estimate of drug-likeness (QED) is 0.714. The summed E-state index contributed by atoms with van der Waals surface area (Å²) in [5.41, 5.74) is 3.72. The van der Waals surface area contributed by atoms with Crippen LogP contribution in [0.3, 0.4) is 0 Å². The van der Waals surface area contributed by atoms with E-state index in [1.54, 1.807) is 27.7 Å². The molecule has 0 bridgehead atoms. The molecule has 5 nitrogen and oxygen atoms in total. The van der Waals surface area contributed by atoms with Crippen molar-refractivity contribution in [1.29, 1.82) is 0 Å². The maximum Gasteiger partial charge on any atom is 0.408 e. The lowest BCUT2D eigenvalue weighted by molar-refractivity contribution is -0.147. The van der Waals surface area contributed by atoms with Crippen molar-refractivity contribution in [1.82, 2.24) is 5.32 Å². The van der Waals surface area contributed by atoms with Gasteiger partial charge in [0.25, 0.3) is 0 Å². The van der Waals surface area contributed by atoms with Crippen molar-refractivity contribution < 1.29 is 19.1 Å². The van der Waals surface area contributed by atoms with Crippen LogP contribution in [-0.4, -0.2) is 23.7 Å². The van der Waals surface area contributed by atoms with Gasteiger partial charge in [-0.25, -0.2) is 9.59 Å². The SMILES string of the molecule is C.Cc1ccc(-c2ccc(COC(=O)C(C)NC(=O)OC(C)(C)C)cc2)cc1. The van der Waals surface area contributed by atoms with E-state index in [0.29, 0.717) is 0 Å². The number of aryl methyl sites for hydroxylation is 1. The van der Waals surface area contributed by atoms with Crippen LogP contribution in [0.5, 0.6) is 0 Å². The van der Waals surface area contributed by atoms with Crippen molar-refractivity contribution in [3.05, 3.63) is 59.7 Å². The smallest absolute Gasteiger partial charge is 0.408 e. The zero-order valence-corrected chi connectivity index (χ0v) is 16.5. The molecular weight excluding hydrogens is 354 g/mol. The van der Waals surface area contributed by atoms with Crippen LogP contribution in [0.4, 0.5) is 4.79 Å². The van der Waals surface area contributed by atoms with Crippen LogP contribution in [0.15, 0.2) is 48.5 Å². The van der Waals surface area contributed by atoms with E-state index in [9.17, 15) is 9.59 Å². The minimum absolute atomic E-state index is 0. The van der Waals surface area contributed by atoms with Gasteiger partial charge in [0.15, 0.2) is 0 Å². The van der Waals surface area contributed by atoms with Crippen LogP contribution in [0.25, 0.3) is 11.1 Å². The molecule has 1 atom stereocenters. The molecule has 2 aromatic carbocycles. The largest absolute Gasteiger partial charge is 0.459 e. The van der Waals surface area contributed by atoms with E-state index in [1.807, 2.05) is 24.3 Å². The van der Waals surface area contributed by atoms with Crippen LogP contribution < -0.4 is 5.32 Å². The zero-order valence-electron chi connectivity index (χ0n) is 16.5. The Morgan fingerprint density at radius 3 is 1.96 bits per heavy atom. The van der Waals surface area contributed by atoms with Crippen molar-refractivity contribution in [2.24, 2.45) is 0 Å². The summed E-state index contributed by atoms with van der Waals surface area (Å²) in [6.45, 7) is 9.04. The molecule has 1 N–H and O–H groups in total. The van der Waals surface area contributed by atoms with E-state index < -0.39 is 23.7 Å². The molecule has 152 valence electrons. The van der Waals surface area contributed by atoms with Gasteiger partial charge in [-0.2, -0.15) is 0 Å². The number of esters is 1. The van der Waals surface area contributed by atoms with Crippen LogP contribution in [0.1, 0.15) is 46.2 Å². The van der Waals surface area contributed by atoms with Gasteiger partial charge in [0.05, 0.1) is 0 Å². The van der Waals surface area contributed by atoms with Gasteiger partial charge in [-0.05, 0) is 51.3 Å². The van der Waals surface area contributed by atoms with E-state index in [-0.39, 0.29) is 14.0 Å². The van der Waals surface area contributed by atoms with Gasteiger partial charge in [0, 0.05) is 0 Å². The van der Waals surface area contributed by atoms with Gasteiger partial charge in [0.2, 0.25) is 0 Å². The molecule has 0 saturated carbocycles. The number of alkyl carbamates (subject to hydrolysis) is 1. The van der Waals surface area contributed by atoms with Gasteiger partial charge < -0.3 is 14.8 Å². The molecule has 28 heavy (non-hydrogen) atoms. The van der Waals surface area contributed by atoms with Gasteiger partial charge >= 0.3 is 12.1 Å². The summed E-state index contributed by atoms with van der Waals surface area (Å²) in [4.78, 5) is 23.7. The van der Waals surface area contributed by atoms with Gasteiger partial charge in [0.1, 0.15) is 18.2 Å². The molecule has 0 aliphatic carbocycles. The predicted molar refractivity (Wildman–Crippen MR) is 112 cm³/mol. The van der Waals surface area contributed by atoms with Gasteiger partial charge in [-0.1, -0.05) is 61.5 Å². The summed E-state index contributed by atoms with van der Waals surface area (Å²) in [5, 5.41) is 2.47. The first-order chi connectivity index (χ1) is 12.6. The molecule has 5 heteroatoms. The highest BCUT2D eigenvalue weighted by atomic mass is 16.6. The Labute approximate surface area is 168 Å². The maximum atomic E-state index is 12.0. The fraction of sp³-hybridized carbons (Fsp3) is 0.391. The highest BCUT2D eigenvalue weighted by molar-refractivity contribution is 5.81. The number of hydrogen-bond acceptors (Lipinski definition) is 4. The molecule has 0 heterocycles. The lowest BCUT2D eigenvalue weighted by atomic mass is 10.0. The van der Waals surface area contributed by atoms with Crippen molar-refractivity contribution in [2.45, 2.75) is 60.3 Å². The lowest BCUT2D eigenvalue weighted by Crippen LogP contribution is -2.42. The van der Waals surface area contributed by atoms with Crippen LogP contribution in [0, 0.1) is 6.92 Å². The molecule has 0 spiro atoms. The van der Waals surface area contributed by atoms with Crippen molar-refractivity contribution in [3.8, 4) is 11.1 Å². The first kappa shape index (κ1) is 23.2. The number of nitrogens with one attached hydrogen (secondary N) is 1. The average Bonchev–Trinajstić information content (AvgIpc) is 2.59. The molecule has 0 aliphatic heterocycles. The second-order valence-electron chi connectivity index (χ2n) is 7.54. The molecule has 0 aliphatic rings. The van der Waals surface area contributed by atoms with Crippen LogP contribution in [0.2, 0.25) is 0 Å². The van der Waals surface area contributed by atoms with E-state index in [4.69, 9.17) is 9.47 Å². The van der Waals surface area contributed by atoms with Gasteiger partial charge in [-0.15, -0.1) is 0 Å². The molecule has 0 fully saturated rings. The number of carbonyl (C=O) groups excluding carboxylic acids is 2. The van der Waals surface area contributed by atoms with E-state index in [2.05, 4.69) is 36.5 Å². The highest BCUT2D eigenvalue weighted by Gasteiger charge is 2.21. The topological polar surface area (TPSA) is 64.6 Å². The second kappa shape index (κ2) is 9.93. The molecule has 0 radical (unpaired) electrons. The Morgan fingerprint density at radius 1 is 0.964 bits per heavy atom. The fourth-order valence-corrected chi connectivity index (χ4v) is 2.36. The lowest BCUT2D eigenvalue weighted by Gasteiger charge is -2.21. The van der Waals surface area contributed by atoms with Crippen LogP contribution >= 0.6 is 0 Å². The number of amides is 1. The van der Waals surface area contributed by atoms with Crippen molar-refractivity contribution in [2.75, 3.05) is 0 Å². The highest BCUT2D eigenvalue weighted by Crippen LogP contribution is 2.20. The van der Waals surface area contributed by atoms with E-state index in [0.717, 1.165) is 16.7 Å². The average molecular weight is 386 g/mol. The molecular formula is C23H31NO4. The second-order valence-corrected chi connectivity index (χ2v) is 7.54. The molecule has 1 unspecified atom stereocenters. The molecule has 2 rings (SSSR count). The molecule has 2 aromatic rings. The molecule has 1 amide bonds. The zero-order chi connectivity index (χ0) is 20.0. The summed E-state index contributed by atoms with van der Waals surface area (Å²) in [6.07, 6.45) is -0.644. The van der Waals surface area contributed by atoms with Crippen molar-refractivity contribution in [3.63, 3.8) is 0 Å². The Hall–Kier alpha value is -2.82. The summed E-state index contributed by atoms with van der Waals surface area (Å²) in [7, 11) is 0. The first-order valence-electron chi connectivity index (χ1n) is 8.96. The Balaban J connectivity index is 0.00000392. The monoisotopic (exact) mass is 385 g/mol. The Morgan fingerprint density at radius 2 is 1.46 bits per heavy atom. The number of benzene rings is 2. The summed E-state index contributed by atoms with van der Waals surface area (Å²) >= 11 is 0. The minimum atomic E-state index is -0.785. The maximum absolute atomic E-state index is 12.0. The van der Waals surface area contributed by atoms with E-state index in [1.165, 1.54) is 5.56 Å². The Kier molecular flexibility index (Phi) is 8.23. The van der Waals surface area contributed by atoms with Crippen LogP contribution in [-0.2, 0) is 20.9 Å². The number of rotatable bonds is 5. The molecule has 0 aromatic heterocycles. The predicted octanol–water partition coefficient (Wildman–Crippen LogP) is 5.25. The Bertz CT molecular complexity index is 774. The number of ether oxygens (including phenoxy) is 2. The molecule has 0 saturated heterocycles. The third-order valence-electron chi connectivity index (χ3n) is 3.81. The summed E-state index contributed by atoms with van der Waals surface area (Å²) in [6, 6.07) is 15.4. The number of hydrogen-bond donors (Lipinski definition) is 1. The third-order valence-corrected chi connectivity index (χ3v) is 3.81. The third kappa shape index (κ3) is 7.43. The summed E-state index contributed by atoms with van der Waals surface area (Å²) < 4.78 is 10.4. The first-order valence-corrected chi connectivity index (χ1v) is 8.96. The normalized spacial score (nSPS) is 11.8. The minimum Gasteiger partial charge on any atom is -0.459 e. The summed E-state index contributed by atoms with van der Waals surface area (Å²) in [5.74, 6) is -0.511. The van der Waals surface area contributed by atoms with Crippen molar-refractivity contribution >= 4 is 12.1 Å².